The van der Waals surface area contributed by atoms with Crippen molar-refractivity contribution in [3.8, 4) is 0 Å². The lowest BCUT2D eigenvalue weighted by atomic mass is 9.75. The van der Waals surface area contributed by atoms with Gasteiger partial charge in [-0.25, -0.2) is 0 Å². The van der Waals surface area contributed by atoms with Crippen LogP contribution in [-0.4, -0.2) is 12.6 Å². The van der Waals surface area contributed by atoms with Gasteiger partial charge in [0.25, 0.3) is 0 Å². The van der Waals surface area contributed by atoms with Gasteiger partial charge in [0.05, 0.1) is 18.8 Å². The van der Waals surface area contributed by atoms with Gasteiger partial charge in [-0.2, -0.15) is 0 Å². The van der Waals surface area contributed by atoms with E-state index in [0.717, 1.165) is 18.9 Å². The summed E-state index contributed by atoms with van der Waals surface area (Å²) in [6.07, 6.45) is 6.33. The van der Waals surface area contributed by atoms with Crippen molar-refractivity contribution < 1.29 is 4.74 Å². The van der Waals surface area contributed by atoms with Crippen LogP contribution in [0, 0.1) is 11.8 Å². The fraction of sp³-hybridized carbons (Fsp3) is 0.647. The normalized spacial score (nSPS) is 31.6. The van der Waals surface area contributed by atoms with E-state index in [4.69, 9.17) is 10.6 Å². The molecule has 1 aliphatic heterocycles. The number of nitrogens with one attached hydrogen (secondary N) is 1. The average Bonchev–Trinajstić information content (AvgIpc) is 2.48. The Hall–Kier alpha value is -0.900. The van der Waals surface area contributed by atoms with E-state index in [1.807, 2.05) is 0 Å². The molecule has 3 nitrogen and oxygen atoms in total. The van der Waals surface area contributed by atoms with Crippen molar-refractivity contribution in [1.82, 2.24) is 5.43 Å². The van der Waals surface area contributed by atoms with Crippen LogP contribution in [-0.2, 0) is 11.2 Å². The Morgan fingerprint density at radius 3 is 2.95 bits per heavy atom. The maximum absolute atomic E-state index is 6.10. The van der Waals surface area contributed by atoms with E-state index in [-0.39, 0.29) is 12.1 Å². The number of benzene rings is 1. The average molecular weight is 274 g/mol. The molecule has 1 heterocycles. The van der Waals surface area contributed by atoms with Gasteiger partial charge < -0.3 is 4.74 Å². The molecular weight excluding hydrogens is 248 g/mol. The first kappa shape index (κ1) is 14.1. The first-order chi connectivity index (χ1) is 9.79. The van der Waals surface area contributed by atoms with Gasteiger partial charge in [-0.3, -0.25) is 11.3 Å². The van der Waals surface area contributed by atoms with Crippen molar-refractivity contribution in [3.05, 3.63) is 35.4 Å². The summed E-state index contributed by atoms with van der Waals surface area (Å²) < 4.78 is 6.10. The summed E-state index contributed by atoms with van der Waals surface area (Å²) in [6, 6.07) is 8.89. The van der Waals surface area contributed by atoms with Crippen LogP contribution in [0.25, 0.3) is 0 Å². The van der Waals surface area contributed by atoms with E-state index in [0.29, 0.717) is 5.92 Å². The van der Waals surface area contributed by atoms with Crippen molar-refractivity contribution in [3.63, 3.8) is 0 Å². The number of ether oxygens (including phenoxy) is 1. The Bertz CT molecular complexity index is 448. The predicted octanol–water partition coefficient (Wildman–Crippen LogP) is 2.96. The van der Waals surface area contributed by atoms with E-state index in [1.165, 1.54) is 36.8 Å². The van der Waals surface area contributed by atoms with Crippen LogP contribution >= 0.6 is 0 Å². The third kappa shape index (κ3) is 2.76. The largest absolute Gasteiger partial charge is 0.371 e. The van der Waals surface area contributed by atoms with Crippen LogP contribution in [0.5, 0.6) is 0 Å². The molecule has 20 heavy (non-hydrogen) atoms. The molecule has 0 aromatic heterocycles. The fourth-order valence-corrected chi connectivity index (χ4v) is 4.00. The Kier molecular flexibility index (Phi) is 4.39. The minimum atomic E-state index is 0.111. The van der Waals surface area contributed by atoms with Gasteiger partial charge in [-0.15, -0.1) is 0 Å². The molecule has 1 aliphatic carbocycles. The maximum atomic E-state index is 6.10. The van der Waals surface area contributed by atoms with Crippen molar-refractivity contribution in [2.24, 2.45) is 17.7 Å². The van der Waals surface area contributed by atoms with Crippen molar-refractivity contribution in [2.75, 3.05) is 6.61 Å². The lowest BCUT2D eigenvalue weighted by molar-refractivity contribution is -0.00842. The van der Waals surface area contributed by atoms with Gasteiger partial charge >= 0.3 is 0 Å². The molecule has 1 aromatic carbocycles. The molecular formula is C17H26N2O. The highest BCUT2D eigenvalue weighted by molar-refractivity contribution is 5.32. The molecule has 3 N–H and O–H groups in total. The Labute approximate surface area is 121 Å². The first-order valence-electron chi connectivity index (χ1n) is 7.95. The molecule has 0 saturated heterocycles. The van der Waals surface area contributed by atoms with E-state index < -0.39 is 0 Å². The van der Waals surface area contributed by atoms with Crippen molar-refractivity contribution in [2.45, 2.75) is 51.2 Å². The summed E-state index contributed by atoms with van der Waals surface area (Å²) in [5.74, 6) is 7.34. The third-order valence-electron chi connectivity index (χ3n) is 5.03. The Morgan fingerprint density at radius 1 is 1.30 bits per heavy atom. The highest BCUT2D eigenvalue weighted by Crippen LogP contribution is 2.38. The van der Waals surface area contributed by atoms with Gasteiger partial charge in [-0.05, 0) is 42.2 Å². The van der Waals surface area contributed by atoms with Crippen LogP contribution in [0.3, 0.4) is 0 Å². The van der Waals surface area contributed by atoms with Gasteiger partial charge in [0.2, 0.25) is 0 Å². The molecule has 4 atom stereocenters. The van der Waals surface area contributed by atoms with Crippen molar-refractivity contribution >= 4 is 0 Å². The number of hydrogen-bond acceptors (Lipinski definition) is 3. The minimum absolute atomic E-state index is 0.111. The minimum Gasteiger partial charge on any atom is -0.371 e. The molecule has 1 fully saturated rings. The maximum Gasteiger partial charge on any atom is 0.0996 e. The standard InChI is InChI=1S/C17H26N2O/c1-12-5-4-7-14(11-12)16(19-18)17-15-8-3-2-6-13(15)9-10-20-17/h2-3,6,8,12,14,16-17,19H,4-5,7,9-11,18H2,1H3. The number of hydrazine groups is 1. The van der Waals surface area contributed by atoms with Crippen LogP contribution in [0.4, 0.5) is 0 Å². The number of nitrogens with two attached hydrogens (primary N) is 1. The lowest BCUT2D eigenvalue weighted by Gasteiger charge is -2.39. The summed E-state index contributed by atoms with van der Waals surface area (Å²) in [7, 11) is 0. The topological polar surface area (TPSA) is 47.3 Å². The van der Waals surface area contributed by atoms with Crippen LogP contribution in [0.1, 0.15) is 49.8 Å². The fourth-order valence-electron chi connectivity index (χ4n) is 4.00. The quantitative estimate of drug-likeness (QED) is 0.658. The van der Waals surface area contributed by atoms with Crippen LogP contribution in [0.15, 0.2) is 24.3 Å². The Morgan fingerprint density at radius 2 is 2.15 bits per heavy atom. The molecule has 0 radical (unpaired) electrons. The third-order valence-corrected chi connectivity index (χ3v) is 5.03. The summed E-state index contributed by atoms with van der Waals surface area (Å²) in [6.45, 7) is 3.16. The van der Waals surface area contributed by atoms with Gasteiger partial charge in [0.15, 0.2) is 0 Å². The molecule has 3 rings (SSSR count). The lowest BCUT2D eigenvalue weighted by Crippen LogP contribution is -2.48. The second-order valence-corrected chi connectivity index (χ2v) is 6.46. The highest BCUT2D eigenvalue weighted by atomic mass is 16.5. The molecule has 4 unspecified atom stereocenters. The van der Waals surface area contributed by atoms with Gasteiger partial charge in [0.1, 0.15) is 0 Å². The van der Waals surface area contributed by atoms with E-state index in [9.17, 15) is 0 Å². The zero-order valence-electron chi connectivity index (χ0n) is 12.3. The molecule has 1 aromatic rings. The molecule has 3 heteroatoms. The van der Waals surface area contributed by atoms with E-state index >= 15 is 0 Å². The van der Waals surface area contributed by atoms with E-state index in [2.05, 4.69) is 36.6 Å². The SMILES string of the molecule is CC1CCCC(C(NN)C2OCCc3ccccc32)C1. The summed E-state index contributed by atoms with van der Waals surface area (Å²) in [4.78, 5) is 0. The predicted molar refractivity (Wildman–Crippen MR) is 81.1 cm³/mol. The molecule has 110 valence electrons. The number of hydrogen-bond donors (Lipinski definition) is 2. The Balaban J connectivity index is 1.83. The second kappa shape index (κ2) is 6.25. The first-order valence-corrected chi connectivity index (χ1v) is 7.95. The van der Waals surface area contributed by atoms with Gasteiger partial charge in [0, 0.05) is 0 Å². The zero-order chi connectivity index (χ0) is 13.9. The molecule has 2 aliphatic rings. The summed E-state index contributed by atoms with van der Waals surface area (Å²) in [5.41, 5.74) is 5.84. The smallest absolute Gasteiger partial charge is 0.0996 e. The van der Waals surface area contributed by atoms with Crippen LogP contribution < -0.4 is 11.3 Å². The zero-order valence-corrected chi connectivity index (χ0v) is 12.3. The summed E-state index contributed by atoms with van der Waals surface area (Å²) >= 11 is 0. The summed E-state index contributed by atoms with van der Waals surface area (Å²) in [5, 5.41) is 0. The number of rotatable bonds is 3. The number of fused-ring (bicyclic) bond motifs is 1. The second-order valence-electron chi connectivity index (χ2n) is 6.46. The monoisotopic (exact) mass is 274 g/mol. The highest BCUT2D eigenvalue weighted by Gasteiger charge is 2.35. The molecule has 0 bridgehead atoms. The van der Waals surface area contributed by atoms with Crippen molar-refractivity contribution in [1.29, 1.82) is 0 Å². The van der Waals surface area contributed by atoms with Gasteiger partial charge in [-0.1, -0.05) is 44.0 Å². The van der Waals surface area contributed by atoms with Crippen LogP contribution in [0.2, 0.25) is 0 Å². The molecule has 0 amide bonds. The molecule has 1 saturated carbocycles. The molecule has 0 spiro atoms. The van der Waals surface area contributed by atoms with E-state index in [1.54, 1.807) is 0 Å².